The van der Waals surface area contributed by atoms with Gasteiger partial charge in [-0.15, -0.1) is 0 Å². The molecule has 3 fully saturated rings. The molecular weight excluding hydrogens is 304 g/mol. The van der Waals surface area contributed by atoms with Gasteiger partial charge in [0, 0.05) is 53.7 Å². The highest BCUT2D eigenvalue weighted by Gasteiger charge is 2.57. The van der Waals surface area contributed by atoms with E-state index < -0.39 is 0 Å². The Balaban J connectivity index is 1.68. The molecule has 1 aromatic carbocycles. The molecule has 4 aliphatic heterocycles. The molecule has 4 N–H and O–H groups in total. The fourth-order valence-electron chi connectivity index (χ4n) is 5.99. The van der Waals surface area contributed by atoms with Crippen molar-refractivity contribution in [1.82, 2.24) is 9.88 Å². The highest BCUT2D eigenvalue weighted by atomic mass is 16.3. The number of H-pyrrole nitrogens is 1. The molecule has 1 unspecified atom stereocenters. The number of phenols is 1. The number of nitrogens with one attached hydrogen (secondary N) is 1. The minimum atomic E-state index is 0.185. The molecule has 5 heterocycles. The Labute approximate surface area is 140 Å². The van der Waals surface area contributed by atoms with Crippen molar-refractivity contribution < 1.29 is 15.3 Å². The van der Waals surface area contributed by atoms with Crippen LogP contribution < -0.4 is 0 Å². The topological polar surface area (TPSA) is 79.7 Å². The van der Waals surface area contributed by atoms with E-state index in [0.717, 1.165) is 23.7 Å². The van der Waals surface area contributed by atoms with Gasteiger partial charge in [-0.2, -0.15) is 0 Å². The van der Waals surface area contributed by atoms with Gasteiger partial charge >= 0.3 is 0 Å². The third-order valence-corrected chi connectivity index (χ3v) is 7.01. The maximum absolute atomic E-state index is 10.0. The number of aromatic amines is 1. The first-order valence-electron chi connectivity index (χ1n) is 8.96. The summed E-state index contributed by atoms with van der Waals surface area (Å²) < 4.78 is 0. The molecule has 7 atom stereocenters. The van der Waals surface area contributed by atoms with Crippen molar-refractivity contribution in [2.45, 2.75) is 37.9 Å². The first kappa shape index (κ1) is 14.8. The predicted octanol–water partition coefficient (Wildman–Crippen LogP) is 1.78. The van der Waals surface area contributed by atoms with E-state index in [0.29, 0.717) is 29.8 Å². The molecule has 0 amide bonds. The van der Waals surface area contributed by atoms with Crippen molar-refractivity contribution in [3.8, 4) is 5.75 Å². The Morgan fingerprint density at radius 3 is 2.75 bits per heavy atom. The first-order valence-corrected chi connectivity index (χ1v) is 8.96. The maximum atomic E-state index is 10.0. The third kappa shape index (κ3) is 1.70. The van der Waals surface area contributed by atoms with Crippen LogP contribution in [0.15, 0.2) is 18.2 Å². The number of aliphatic hydroxyl groups is 2. The van der Waals surface area contributed by atoms with Crippen molar-refractivity contribution in [2.75, 3.05) is 13.2 Å². The van der Waals surface area contributed by atoms with Gasteiger partial charge < -0.3 is 20.3 Å². The molecule has 0 saturated carbocycles. The number of piperidine rings is 3. The summed E-state index contributed by atoms with van der Waals surface area (Å²) in [5.74, 6) is 1.16. The molecule has 0 aliphatic carbocycles. The van der Waals surface area contributed by atoms with E-state index in [4.69, 9.17) is 0 Å². The number of hydrogen-bond acceptors (Lipinski definition) is 4. The summed E-state index contributed by atoms with van der Waals surface area (Å²) in [5.41, 5.74) is 3.66. The Hall–Kier alpha value is -1.56. The normalized spacial score (nSPS) is 40.0. The van der Waals surface area contributed by atoms with E-state index in [1.54, 1.807) is 6.07 Å². The monoisotopic (exact) mass is 328 g/mol. The van der Waals surface area contributed by atoms with Crippen LogP contribution >= 0.6 is 0 Å². The highest BCUT2D eigenvalue weighted by molar-refractivity contribution is 5.86. The number of hydrogen-bond donors (Lipinski definition) is 4. The van der Waals surface area contributed by atoms with Gasteiger partial charge in [-0.3, -0.25) is 4.90 Å². The Kier molecular flexibility index (Phi) is 3.06. The number of aromatic hydroxyl groups is 1. The lowest BCUT2D eigenvalue weighted by Crippen LogP contribution is -2.67. The van der Waals surface area contributed by atoms with Gasteiger partial charge in [0.05, 0.1) is 6.04 Å². The van der Waals surface area contributed by atoms with E-state index in [1.165, 1.54) is 11.3 Å². The molecule has 3 saturated heterocycles. The van der Waals surface area contributed by atoms with Crippen LogP contribution in [-0.4, -0.2) is 50.5 Å². The van der Waals surface area contributed by atoms with Gasteiger partial charge in [0.25, 0.3) is 0 Å². The van der Waals surface area contributed by atoms with Gasteiger partial charge in [0.1, 0.15) is 5.75 Å². The van der Waals surface area contributed by atoms with Crippen LogP contribution in [0.1, 0.15) is 30.6 Å². The van der Waals surface area contributed by atoms with Crippen LogP contribution in [0.3, 0.4) is 0 Å². The second-order valence-electron chi connectivity index (χ2n) is 7.81. The lowest BCUT2D eigenvalue weighted by atomic mass is 9.60. The molecule has 2 aromatic rings. The number of nitrogens with zero attached hydrogens (tertiary/aromatic N) is 1. The largest absolute Gasteiger partial charge is 0.508 e. The van der Waals surface area contributed by atoms with Crippen molar-refractivity contribution in [3.05, 3.63) is 29.5 Å². The number of aromatic nitrogens is 1. The Morgan fingerprint density at radius 1 is 1.21 bits per heavy atom. The highest BCUT2D eigenvalue weighted by Crippen LogP contribution is 2.56. The average molecular weight is 328 g/mol. The van der Waals surface area contributed by atoms with Crippen molar-refractivity contribution in [2.24, 2.45) is 17.8 Å². The molecule has 24 heavy (non-hydrogen) atoms. The fourth-order valence-corrected chi connectivity index (χ4v) is 5.99. The summed E-state index contributed by atoms with van der Waals surface area (Å²) in [5, 5.41) is 30.9. The van der Waals surface area contributed by atoms with Crippen LogP contribution in [0.4, 0.5) is 0 Å². The number of rotatable bonds is 2. The summed E-state index contributed by atoms with van der Waals surface area (Å²) >= 11 is 0. The van der Waals surface area contributed by atoms with Gasteiger partial charge in [0.15, 0.2) is 0 Å². The van der Waals surface area contributed by atoms with Crippen molar-refractivity contribution in [1.29, 1.82) is 0 Å². The molecule has 5 nitrogen and oxygen atoms in total. The molecular formula is C19H24N2O3. The van der Waals surface area contributed by atoms with Crippen molar-refractivity contribution >= 4 is 10.9 Å². The lowest BCUT2D eigenvalue weighted by Gasteiger charge is -2.63. The lowest BCUT2D eigenvalue weighted by molar-refractivity contribution is -0.154. The zero-order chi connectivity index (χ0) is 16.6. The number of aliphatic hydroxyl groups excluding tert-OH is 2. The first-order chi connectivity index (χ1) is 11.6. The third-order valence-electron chi connectivity index (χ3n) is 7.01. The standard InChI is InChI=1S/C19H24N2O3/c1-9-14(7-22)11-5-18-19-13(6-17(21(9)18)15(11)8-23)12-4-10(24)2-3-16(12)20-19/h2-4,9,11,14-15,17-18,20,22-24H,5-8H2,1H3/t9-,11+,14+,15+,17+,18+/m1/s1. The molecule has 128 valence electrons. The summed E-state index contributed by atoms with van der Waals surface area (Å²) in [6, 6.07) is 6.52. The smallest absolute Gasteiger partial charge is 0.116 e. The van der Waals surface area contributed by atoms with E-state index in [1.807, 2.05) is 12.1 Å². The van der Waals surface area contributed by atoms with E-state index in [9.17, 15) is 15.3 Å². The van der Waals surface area contributed by atoms with Gasteiger partial charge in [-0.25, -0.2) is 0 Å². The quantitative estimate of drug-likeness (QED) is 0.677. The number of phenolic OH excluding ortho intramolecular Hbond substituents is 1. The SMILES string of the molecule is C[C@@H]1[C@H](CO)[C@@H]2C[C@H]3c4[nH]c5ccc(O)cc5c4C[C@@H]([C@H]2CO)N13. The van der Waals surface area contributed by atoms with Gasteiger partial charge in [-0.1, -0.05) is 0 Å². The Bertz CT molecular complexity index is 801. The van der Waals surface area contributed by atoms with Crippen LogP contribution in [0.25, 0.3) is 10.9 Å². The molecule has 0 spiro atoms. The summed E-state index contributed by atoms with van der Waals surface area (Å²) in [4.78, 5) is 6.13. The fraction of sp³-hybridized carbons (Fsp3) is 0.579. The van der Waals surface area contributed by atoms with Crippen LogP contribution in [0.2, 0.25) is 0 Å². The van der Waals surface area contributed by atoms with Crippen LogP contribution in [0, 0.1) is 17.8 Å². The van der Waals surface area contributed by atoms with Gasteiger partial charge in [-0.05, 0) is 49.4 Å². The number of benzene rings is 1. The molecule has 6 rings (SSSR count). The number of fused-ring (bicyclic) bond motifs is 4. The maximum Gasteiger partial charge on any atom is 0.116 e. The van der Waals surface area contributed by atoms with E-state index in [2.05, 4.69) is 16.8 Å². The van der Waals surface area contributed by atoms with E-state index in [-0.39, 0.29) is 25.0 Å². The van der Waals surface area contributed by atoms with Gasteiger partial charge in [0.2, 0.25) is 0 Å². The summed E-state index contributed by atoms with van der Waals surface area (Å²) in [6.07, 6.45) is 1.89. The van der Waals surface area contributed by atoms with Crippen LogP contribution in [-0.2, 0) is 6.42 Å². The summed E-state index contributed by atoms with van der Waals surface area (Å²) in [7, 11) is 0. The van der Waals surface area contributed by atoms with Crippen LogP contribution in [0.5, 0.6) is 5.75 Å². The molecule has 0 radical (unpaired) electrons. The second kappa shape index (κ2) is 4.97. The second-order valence-corrected chi connectivity index (χ2v) is 7.81. The molecule has 5 heteroatoms. The molecule has 4 bridgehead atoms. The zero-order valence-corrected chi connectivity index (χ0v) is 13.8. The van der Waals surface area contributed by atoms with Crippen molar-refractivity contribution in [3.63, 3.8) is 0 Å². The minimum absolute atomic E-state index is 0.185. The minimum Gasteiger partial charge on any atom is -0.508 e. The molecule has 1 aromatic heterocycles. The average Bonchev–Trinajstić information content (AvgIpc) is 2.93. The Morgan fingerprint density at radius 2 is 2.00 bits per heavy atom. The van der Waals surface area contributed by atoms with E-state index >= 15 is 0 Å². The zero-order valence-electron chi connectivity index (χ0n) is 13.8. The summed E-state index contributed by atoms with van der Waals surface area (Å²) in [6.45, 7) is 2.61. The predicted molar refractivity (Wildman–Crippen MR) is 90.8 cm³/mol. The molecule has 4 aliphatic rings.